The minimum Gasteiger partial charge on any atom is -0.368 e. The Morgan fingerprint density at radius 1 is 1.27 bits per heavy atom. The number of rotatable bonds is 4. The Bertz CT molecular complexity index is 897. The highest BCUT2D eigenvalue weighted by Crippen LogP contribution is 2.32. The molecule has 2 amide bonds. The SMILES string of the molecule is Cn1cc(C(=O)Nc2cccc(NC(=O)C3CC(C)(C)CO3)c2)[nH]c1=O. The molecule has 0 saturated carbocycles. The zero-order chi connectivity index (χ0) is 18.9. The molecule has 1 fully saturated rings. The van der Waals surface area contributed by atoms with Gasteiger partial charge in [0, 0.05) is 24.6 Å². The zero-order valence-corrected chi connectivity index (χ0v) is 15.0. The number of anilines is 2. The van der Waals surface area contributed by atoms with Crippen LogP contribution in [-0.2, 0) is 16.6 Å². The van der Waals surface area contributed by atoms with Crippen molar-refractivity contribution in [1.29, 1.82) is 0 Å². The molecule has 8 nitrogen and oxygen atoms in total. The van der Waals surface area contributed by atoms with E-state index in [4.69, 9.17) is 4.74 Å². The number of aryl methyl sites for hydroxylation is 1. The minimum absolute atomic E-state index is 0.00949. The molecule has 1 aliphatic heterocycles. The van der Waals surface area contributed by atoms with E-state index >= 15 is 0 Å². The highest BCUT2D eigenvalue weighted by atomic mass is 16.5. The molecule has 0 radical (unpaired) electrons. The summed E-state index contributed by atoms with van der Waals surface area (Å²) in [6.07, 6.45) is 1.61. The molecule has 1 atom stereocenters. The number of amides is 2. The monoisotopic (exact) mass is 358 g/mol. The average Bonchev–Trinajstić information content (AvgIpc) is 3.10. The van der Waals surface area contributed by atoms with Crippen molar-refractivity contribution in [2.24, 2.45) is 12.5 Å². The lowest BCUT2D eigenvalue weighted by molar-refractivity contribution is -0.124. The molecule has 138 valence electrons. The van der Waals surface area contributed by atoms with Crippen LogP contribution >= 0.6 is 0 Å². The summed E-state index contributed by atoms with van der Waals surface area (Å²) in [4.78, 5) is 38.4. The molecule has 3 rings (SSSR count). The van der Waals surface area contributed by atoms with Crippen LogP contribution in [0.2, 0.25) is 0 Å². The summed E-state index contributed by atoms with van der Waals surface area (Å²) in [5.74, 6) is -0.640. The van der Waals surface area contributed by atoms with Crippen molar-refractivity contribution in [3.05, 3.63) is 46.6 Å². The van der Waals surface area contributed by atoms with Crippen molar-refractivity contribution >= 4 is 23.2 Å². The van der Waals surface area contributed by atoms with Crippen LogP contribution in [0.3, 0.4) is 0 Å². The summed E-state index contributed by atoms with van der Waals surface area (Å²) in [6, 6.07) is 6.80. The second kappa shape index (κ2) is 6.80. The van der Waals surface area contributed by atoms with E-state index in [0.717, 1.165) is 0 Å². The van der Waals surface area contributed by atoms with Crippen LogP contribution in [0.15, 0.2) is 35.3 Å². The number of carbonyl (C=O) groups excluding carboxylic acids is 2. The summed E-state index contributed by atoms with van der Waals surface area (Å²) < 4.78 is 6.84. The first-order valence-electron chi connectivity index (χ1n) is 8.33. The quantitative estimate of drug-likeness (QED) is 0.774. The summed E-state index contributed by atoms with van der Waals surface area (Å²) >= 11 is 0. The summed E-state index contributed by atoms with van der Waals surface area (Å²) in [5, 5.41) is 5.50. The van der Waals surface area contributed by atoms with Gasteiger partial charge in [-0.15, -0.1) is 0 Å². The molecular formula is C18H22N4O4. The fourth-order valence-electron chi connectivity index (χ4n) is 2.81. The van der Waals surface area contributed by atoms with Gasteiger partial charge in [0.05, 0.1) is 6.61 Å². The number of imidazole rings is 1. The Balaban J connectivity index is 1.65. The normalized spacial score (nSPS) is 18.5. The van der Waals surface area contributed by atoms with Crippen molar-refractivity contribution < 1.29 is 14.3 Å². The van der Waals surface area contributed by atoms with Crippen LogP contribution in [0, 0.1) is 5.41 Å². The molecule has 2 aromatic rings. The van der Waals surface area contributed by atoms with E-state index in [1.54, 1.807) is 31.3 Å². The van der Waals surface area contributed by atoms with Gasteiger partial charge in [-0.05, 0) is 30.0 Å². The molecule has 0 spiro atoms. The van der Waals surface area contributed by atoms with Gasteiger partial charge in [0.15, 0.2) is 0 Å². The van der Waals surface area contributed by atoms with Crippen molar-refractivity contribution in [1.82, 2.24) is 9.55 Å². The second-order valence-electron chi connectivity index (χ2n) is 7.28. The third-order valence-corrected chi connectivity index (χ3v) is 4.22. The maximum atomic E-state index is 12.3. The second-order valence-corrected chi connectivity index (χ2v) is 7.28. The third kappa shape index (κ3) is 4.02. The highest BCUT2D eigenvalue weighted by Gasteiger charge is 2.36. The van der Waals surface area contributed by atoms with Gasteiger partial charge in [-0.3, -0.25) is 9.59 Å². The molecule has 26 heavy (non-hydrogen) atoms. The molecule has 1 saturated heterocycles. The highest BCUT2D eigenvalue weighted by molar-refractivity contribution is 6.03. The predicted molar refractivity (Wildman–Crippen MR) is 97.2 cm³/mol. The van der Waals surface area contributed by atoms with Crippen LogP contribution < -0.4 is 16.3 Å². The molecule has 1 aliphatic rings. The number of aromatic amines is 1. The van der Waals surface area contributed by atoms with Crippen LogP contribution in [-0.4, -0.2) is 34.1 Å². The Morgan fingerprint density at radius 2 is 1.96 bits per heavy atom. The number of ether oxygens (including phenoxy) is 1. The van der Waals surface area contributed by atoms with Gasteiger partial charge in [0.2, 0.25) is 0 Å². The van der Waals surface area contributed by atoms with Crippen molar-refractivity contribution in [3.63, 3.8) is 0 Å². The smallest absolute Gasteiger partial charge is 0.325 e. The first-order chi connectivity index (χ1) is 12.2. The molecule has 3 N–H and O–H groups in total. The van der Waals surface area contributed by atoms with E-state index in [-0.39, 0.29) is 22.7 Å². The number of hydrogen-bond acceptors (Lipinski definition) is 4. The van der Waals surface area contributed by atoms with E-state index in [0.29, 0.717) is 24.4 Å². The lowest BCUT2D eigenvalue weighted by atomic mass is 9.90. The van der Waals surface area contributed by atoms with Gasteiger partial charge in [-0.2, -0.15) is 0 Å². The number of nitrogens with zero attached hydrogens (tertiary/aromatic N) is 1. The van der Waals surface area contributed by atoms with Crippen molar-refractivity contribution in [3.8, 4) is 0 Å². The fourth-order valence-corrected chi connectivity index (χ4v) is 2.81. The number of nitrogens with one attached hydrogen (secondary N) is 3. The number of carbonyl (C=O) groups is 2. The number of H-pyrrole nitrogens is 1. The number of aromatic nitrogens is 2. The number of benzene rings is 1. The summed E-state index contributed by atoms with van der Waals surface area (Å²) in [7, 11) is 1.55. The van der Waals surface area contributed by atoms with Gasteiger partial charge in [-0.25, -0.2) is 4.79 Å². The van der Waals surface area contributed by atoms with Crippen LogP contribution in [0.1, 0.15) is 30.8 Å². The van der Waals surface area contributed by atoms with E-state index < -0.39 is 12.0 Å². The molecule has 1 unspecified atom stereocenters. The maximum Gasteiger partial charge on any atom is 0.325 e. The first kappa shape index (κ1) is 17.9. The van der Waals surface area contributed by atoms with Crippen molar-refractivity contribution in [2.75, 3.05) is 17.2 Å². The molecule has 0 bridgehead atoms. The third-order valence-electron chi connectivity index (χ3n) is 4.22. The Kier molecular flexibility index (Phi) is 4.69. The van der Waals surface area contributed by atoms with E-state index in [1.165, 1.54) is 10.8 Å². The van der Waals surface area contributed by atoms with E-state index in [2.05, 4.69) is 29.5 Å². The maximum absolute atomic E-state index is 12.3. The predicted octanol–water partition coefficient (Wildman–Crippen LogP) is 1.72. The molecule has 8 heteroatoms. The minimum atomic E-state index is -0.474. The average molecular weight is 358 g/mol. The Hall–Kier alpha value is -2.87. The van der Waals surface area contributed by atoms with Crippen LogP contribution in [0.4, 0.5) is 11.4 Å². The van der Waals surface area contributed by atoms with Crippen LogP contribution in [0.25, 0.3) is 0 Å². The van der Waals surface area contributed by atoms with Gasteiger partial charge >= 0.3 is 5.69 Å². The Labute approximate surface area is 150 Å². The molecule has 2 heterocycles. The molecule has 1 aromatic heterocycles. The lowest BCUT2D eigenvalue weighted by Gasteiger charge is -2.14. The summed E-state index contributed by atoms with van der Waals surface area (Å²) in [5.41, 5.74) is 0.849. The first-order valence-corrected chi connectivity index (χ1v) is 8.33. The van der Waals surface area contributed by atoms with Gasteiger partial charge in [0.1, 0.15) is 11.8 Å². The number of hydrogen-bond donors (Lipinski definition) is 3. The van der Waals surface area contributed by atoms with Gasteiger partial charge in [-0.1, -0.05) is 19.9 Å². The fraction of sp³-hybridized carbons (Fsp3) is 0.389. The zero-order valence-electron chi connectivity index (χ0n) is 15.0. The van der Waals surface area contributed by atoms with Gasteiger partial charge in [0.25, 0.3) is 11.8 Å². The van der Waals surface area contributed by atoms with Gasteiger partial charge < -0.3 is 24.9 Å². The van der Waals surface area contributed by atoms with Crippen molar-refractivity contribution in [2.45, 2.75) is 26.4 Å². The largest absolute Gasteiger partial charge is 0.368 e. The van der Waals surface area contributed by atoms with Crippen LogP contribution in [0.5, 0.6) is 0 Å². The molecule has 0 aliphatic carbocycles. The molecule has 1 aromatic carbocycles. The Morgan fingerprint density at radius 3 is 2.54 bits per heavy atom. The standard InChI is InChI=1S/C18H22N4O4/c1-18(2)8-14(26-10-18)16(24)20-12-6-4-5-11(7-12)19-15(23)13-9-22(3)17(25)21-13/h4-7,9,14H,8,10H2,1-3H3,(H,19,23)(H,20,24)(H,21,25). The lowest BCUT2D eigenvalue weighted by Crippen LogP contribution is -2.27. The van der Waals surface area contributed by atoms with E-state index in [9.17, 15) is 14.4 Å². The van der Waals surface area contributed by atoms with E-state index in [1.807, 2.05) is 0 Å². The topological polar surface area (TPSA) is 105 Å². The molecular weight excluding hydrogens is 336 g/mol. The summed E-state index contributed by atoms with van der Waals surface area (Å²) in [6.45, 7) is 4.67.